The van der Waals surface area contributed by atoms with Crippen LogP contribution in [0.5, 0.6) is 5.75 Å². The molecule has 3 atom stereocenters. The smallest absolute Gasteiger partial charge is 0.266 e. The summed E-state index contributed by atoms with van der Waals surface area (Å²) in [5.74, 6) is -0.978. The second-order valence-corrected chi connectivity index (χ2v) is 8.32. The van der Waals surface area contributed by atoms with E-state index in [2.05, 4.69) is 0 Å². The molecule has 0 aliphatic carbocycles. The number of benzene rings is 3. The minimum Gasteiger partial charge on any atom is -0.496 e. The van der Waals surface area contributed by atoms with Gasteiger partial charge in [-0.15, -0.1) is 0 Å². The maximum Gasteiger partial charge on any atom is 0.266 e. The normalized spacial score (nSPS) is 22.4. The molecule has 32 heavy (non-hydrogen) atoms. The van der Waals surface area contributed by atoms with Crippen LogP contribution in [0.4, 0.5) is 11.4 Å². The van der Waals surface area contributed by atoms with E-state index in [1.54, 1.807) is 24.3 Å². The van der Waals surface area contributed by atoms with Gasteiger partial charge >= 0.3 is 0 Å². The number of imide groups is 1. The van der Waals surface area contributed by atoms with E-state index in [-0.39, 0.29) is 10.9 Å². The fourth-order valence-electron chi connectivity index (χ4n) is 4.32. The highest BCUT2D eigenvalue weighted by atomic mass is 35.5. The lowest BCUT2D eigenvalue weighted by atomic mass is 9.90. The Balaban J connectivity index is 1.61. The molecule has 162 valence electrons. The molecule has 3 aromatic rings. The average Bonchev–Trinajstić information content (AvgIpc) is 3.32. The van der Waals surface area contributed by atoms with Crippen molar-refractivity contribution in [3.05, 3.63) is 88.4 Å². The lowest BCUT2D eigenvalue weighted by Gasteiger charge is -2.29. The van der Waals surface area contributed by atoms with Crippen molar-refractivity contribution in [3.63, 3.8) is 0 Å². The second kappa shape index (κ2) is 8.13. The van der Waals surface area contributed by atoms with Crippen LogP contribution in [0.1, 0.15) is 11.6 Å². The average molecular weight is 469 g/mol. The molecular weight excluding hydrogens is 451 g/mol. The monoisotopic (exact) mass is 468 g/mol. The Hall–Kier alpha value is -3.06. The van der Waals surface area contributed by atoms with Crippen molar-refractivity contribution in [1.82, 2.24) is 0 Å². The number of halogens is 2. The van der Waals surface area contributed by atoms with E-state index in [0.717, 1.165) is 16.2 Å². The van der Waals surface area contributed by atoms with Gasteiger partial charge in [0.1, 0.15) is 11.7 Å². The zero-order chi connectivity index (χ0) is 22.4. The predicted octanol–water partition coefficient (Wildman–Crippen LogP) is 5.05. The van der Waals surface area contributed by atoms with E-state index in [4.69, 9.17) is 32.8 Å². The highest BCUT2D eigenvalue weighted by Crippen LogP contribution is 2.49. The summed E-state index contributed by atoms with van der Waals surface area (Å²) in [7, 11) is 1.57. The van der Waals surface area contributed by atoms with Crippen molar-refractivity contribution in [3.8, 4) is 5.75 Å². The predicted molar refractivity (Wildman–Crippen MR) is 122 cm³/mol. The lowest BCUT2D eigenvalue weighted by molar-refractivity contribution is -0.126. The number of carbonyl (C=O) groups is 2. The molecule has 0 saturated carbocycles. The quantitative estimate of drug-likeness (QED) is 0.501. The summed E-state index contributed by atoms with van der Waals surface area (Å²) >= 11 is 12.2. The summed E-state index contributed by atoms with van der Waals surface area (Å²) in [6, 6.07) is 20.9. The summed E-state index contributed by atoms with van der Waals surface area (Å²) in [4.78, 5) is 34.2. The zero-order valence-corrected chi connectivity index (χ0v) is 18.5. The maximum absolute atomic E-state index is 13.6. The van der Waals surface area contributed by atoms with Gasteiger partial charge in [-0.3, -0.25) is 14.4 Å². The molecule has 0 bridgehead atoms. The Morgan fingerprint density at radius 3 is 2.28 bits per heavy atom. The number of fused-ring (bicyclic) bond motifs is 1. The van der Waals surface area contributed by atoms with Crippen LogP contribution < -0.4 is 14.7 Å². The van der Waals surface area contributed by atoms with Gasteiger partial charge in [0.15, 0.2) is 6.10 Å². The fourth-order valence-corrected chi connectivity index (χ4v) is 4.61. The van der Waals surface area contributed by atoms with Crippen LogP contribution >= 0.6 is 23.2 Å². The minimum absolute atomic E-state index is 0.259. The number of carbonyl (C=O) groups excluding carboxylic acids is 2. The van der Waals surface area contributed by atoms with E-state index < -0.39 is 24.0 Å². The third-order valence-corrected chi connectivity index (χ3v) is 6.48. The molecule has 6 nitrogen and oxygen atoms in total. The number of nitrogens with zero attached hydrogens (tertiary/aromatic N) is 2. The first-order valence-electron chi connectivity index (χ1n) is 9.98. The van der Waals surface area contributed by atoms with Crippen molar-refractivity contribution in [2.45, 2.75) is 12.1 Å². The van der Waals surface area contributed by atoms with Gasteiger partial charge in [-0.2, -0.15) is 0 Å². The molecule has 0 spiro atoms. The SMILES string of the molecule is COc1ccccc1[C@@H]1[C@H]2C(=O)N(c3ccc(Cl)c(Cl)c3)C(=O)[C@@H]2ON1c1ccccc1. The molecule has 2 aliphatic heterocycles. The van der Waals surface area contributed by atoms with Crippen LogP contribution in [0.25, 0.3) is 0 Å². The summed E-state index contributed by atoms with van der Waals surface area (Å²) in [6.45, 7) is 0. The molecule has 2 saturated heterocycles. The molecule has 2 amide bonds. The molecule has 2 aliphatic rings. The van der Waals surface area contributed by atoms with Gasteiger partial charge in [-0.05, 0) is 36.4 Å². The number of para-hydroxylation sites is 2. The number of anilines is 2. The lowest BCUT2D eigenvalue weighted by Crippen LogP contribution is -2.37. The molecule has 0 aromatic heterocycles. The minimum atomic E-state index is -0.980. The van der Waals surface area contributed by atoms with Gasteiger partial charge in [0, 0.05) is 5.56 Å². The zero-order valence-electron chi connectivity index (χ0n) is 16.9. The van der Waals surface area contributed by atoms with Gasteiger partial charge in [0.2, 0.25) is 5.91 Å². The molecule has 0 radical (unpaired) electrons. The highest BCUT2D eigenvalue weighted by molar-refractivity contribution is 6.42. The summed E-state index contributed by atoms with van der Waals surface area (Å²) in [5.41, 5.74) is 1.85. The van der Waals surface area contributed by atoms with Crippen LogP contribution in [-0.4, -0.2) is 25.0 Å². The number of hydrogen-bond acceptors (Lipinski definition) is 5. The van der Waals surface area contributed by atoms with Crippen LogP contribution in [-0.2, 0) is 14.4 Å². The Morgan fingerprint density at radius 2 is 1.56 bits per heavy atom. The van der Waals surface area contributed by atoms with E-state index in [1.165, 1.54) is 6.07 Å². The van der Waals surface area contributed by atoms with E-state index >= 15 is 0 Å². The molecule has 5 rings (SSSR count). The van der Waals surface area contributed by atoms with Crippen molar-refractivity contribution in [2.24, 2.45) is 5.92 Å². The standard InChI is InChI=1S/C24H18Cl2N2O4/c1-31-19-10-6-5-9-16(19)21-20-22(32-28(21)14-7-3-2-4-8-14)24(30)27(23(20)29)15-11-12-17(25)18(26)13-15/h2-13,20-22H,1H3/t20-,21-,22-/m1/s1. The number of methoxy groups -OCH3 is 1. The van der Waals surface area contributed by atoms with Gasteiger partial charge in [-0.25, -0.2) is 9.96 Å². The third kappa shape index (κ3) is 3.23. The number of ether oxygens (including phenoxy) is 1. The molecule has 8 heteroatoms. The van der Waals surface area contributed by atoms with E-state index in [9.17, 15) is 9.59 Å². The summed E-state index contributed by atoms with van der Waals surface area (Å²) < 4.78 is 5.57. The Morgan fingerprint density at radius 1 is 0.844 bits per heavy atom. The van der Waals surface area contributed by atoms with Crippen molar-refractivity contribution < 1.29 is 19.2 Å². The number of hydroxylamine groups is 1. The summed E-state index contributed by atoms with van der Waals surface area (Å²) in [6.07, 6.45) is -0.980. The second-order valence-electron chi connectivity index (χ2n) is 7.51. The maximum atomic E-state index is 13.6. The van der Waals surface area contributed by atoms with Crippen LogP contribution in [0.2, 0.25) is 10.0 Å². The number of rotatable bonds is 4. The van der Waals surface area contributed by atoms with Crippen LogP contribution in [0.3, 0.4) is 0 Å². The first-order valence-corrected chi connectivity index (χ1v) is 10.7. The Kier molecular flexibility index (Phi) is 5.29. The molecule has 3 aromatic carbocycles. The largest absolute Gasteiger partial charge is 0.496 e. The number of hydrogen-bond donors (Lipinski definition) is 0. The van der Waals surface area contributed by atoms with Gasteiger partial charge < -0.3 is 4.74 Å². The van der Waals surface area contributed by atoms with Crippen molar-refractivity contribution in [1.29, 1.82) is 0 Å². The van der Waals surface area contributed by atoms with Crippen LogP contribution in [0.15, 0.2) is 72.8 Å². The molecule has 0 N–H and O–H groups in total. The van der Waals surface area contributed by atoms with Gasteiger partial charge in [0.05, 0.1) is 34.6 Å². The molecular formula is C24H18Cl2N2O4. The van der Waals surface area contributed by atoms with E-state index in [1.807, 2.05) is 54.6 Å². The summed E-state index contributed by atoms with van der Waals surface area (Å²) in [5, 5.41) is 2.23. The number of amides is 2. The first kappa shape index (κ1) is 20.8. The first-order chi connectivity index (χ1) is 15.5. The van der Waals surface area contributed by atoms with Crippen molar-refractivity contribution >= 4 is 46.4 Å². The van der Waals surface area contributed by atoms with Gasteiger partial charge in [-0.1, -0.05) is 59.6 Å². The topological polar surface area (TPSA) is 59.1 Å². The van der Waals surface area contributed by atoms with Crippen LogP contribution in [0, 0.1) is 5.92 Å². The Labute approximate surface area is 194 Å². The molecule has 0 unspecified atom stereocenters. The Bertz CT molecular complexity index is 1200. The van der Waals surface area contributed by atoms with E-state index in [0.29, 0.717) is 16.5 Å². The highest BCUT2D eigenvalue weighted by Gasteiger charge is 2.60. The molecule has 2 fully saturated rings. The third-order valence-electron chi connectivity index (χ3n) is 5.75. The van der Waals surface area contributed by atoms with Gasteiger partial charge in [0.25, 0.3) is 5.91 Å². The fraction of sp³-hybridized carbons (Fsp3) is 0.167. The molecule has 2 heterocycles. The van der Waals surface area contributed by atoms with Crippen molar-refractivity contribution in [2.75, 3.05) is 17.1 Å².